The highest BCUT2D eigenvalue weighted by atomic mass is 16.6. The maximum Gasteiger partial charge on any atom is 0.408 e. The molecule has 2 atom stereocenters. The molecule has 0 aromatic heterocycles. The summed E-state index contributed by atoms with van der Waals surface area (Å²) >= 11 is 0. The first kappa shape index (κ1) is 29.9. The average Bonchev–Trinajstić information content (AvgIpc) is 2.91. The Morgan fingerprint density at radius 2 is 1.74 bits per heavy atom. The van der Waals surface area contributed by atoms with Crippen LogP contribution >= 0.6 is 0 Å². The number of hydrogen-bond acceptors (Lipinski definition) is 4. The summed E-state index contributed by atoms with van der Waals surface area (Å²) in [5.41, 5.74) is 1.73. The normalized spacial score (nSPS) is 15.5. The highest BCUT2D eigenvalue weighted by Gasteiger charge is 2.36. The fourth-order valence-corrected chi connectivity index (χ4v) is 5.02. The smallest absolute Gasteiger partial charge is 0.408 e. The Labute approximate surface area is 233 Å². The molecule has 0 spiro atoms. The second-order valence-corrected chi connectivity index (χ2v) is 11.1. The molecule has 7 heteroatoms. The number of carbonyl (C=O) groups excluding carboxylic acids is 3. The predicted molar refractivity (Wildman–Crippen MR) is 155 cm³/mol. The van der Waals surface area contributed by atoms with Gasteiger partial charge in [0.05, 0.1) is 0 Å². The number of amides is 3. The number of hydrogen-bond donors (Lipinski definition) is 2. The highest BCUT2D eigenvalue weighted by molar-refractivity contribution is 5.92. The highest BCUT2D eigenvalue weighted by Crippen LogP contribution is 2.26. The Bertz CT molecular complexity index is 1120. The maximum atomic E-state index is 14.2. The molecule has 1 fully saturated rings. The van der Waals surface area contributed by atoms with Gasteiger partial charge in [0.1, 0.15) is 17.7 Å². The fraction of sp³-hybridized carbons (Fsp3) is 0.469. The summed E-state index contributed by atoms with van der Waals surface area (Å²) in [7, 11) is 0. The van der Waals surface area contributed by atoms with Crippen molar-refractivity contribution in [3.63, 3.8) is 0 Å². The molecule has 3 rings (SSSR count). The molecule has 0 radical (unpaired) electrons. The molecule has 2 aromatic rings. The van der Waals surface area contributed by atoms with Crippen LogP contribution in [-0.4, -0.2) is 47.0 Å². The fourth-order valence-electron chi connectivity index (χ4n) is 5.02. The van der Waals surface area contributed by atoms with Gasteiger partial charge in [-0.2, -0.15) is 0 Å². The van der Waals surface area contributed by atoms with E-state index in [-0.39, 0.29) is 30.8 Å². The van der Waals surface area contributed by atoms with Crippen LogP contribution in [0.15, 0.2) is 61.2 Å². The molecule has 39 heavy (non-hydrogen) atoms. The summed E-state index contributed by atoms with van der Waals surface area (Å²) in [5.74, 6) is -0.561. The lowest BCUT2D eigenvalue weighted by Gasteiger charge is -2.35. The van der Waals surface area contributed by atoms with Gasteiger partial charge in [-0.3, -0.25) is 9.59 Å². The molecule has 7 nitrogen and oxygen atoms in total. The zero-order valence-electron chi connectivity index (χ0n) is 23.7. The van der Waals surface area contributed by atoms with E-state index in [1.165, 1.54) is 6.42 Å². The summed E-state index contributed by atoms with van der Waals surface area (Å²) in [6, 6.07) is 15.3. The number of likely N-dealkylation sites (N-methyl/N-ethyl adjacent to an activating group) is 1. The van der Waals surface area contributed by atoms with E-state index < -0.39 is 23.8 Å². The number of ether oxygens (including phenoxy) is 1. The quantitative estimate of drug-likeness (QED) is 0.404. The minimum absolute atomic E-state index is 0.0881. The molecule has 2 unspecified atom stereocenters. The first-order valence-electron chi connectivity index (χ1n) is 14.0. The van der Waals surface area contributed by atoms with Gasteiger partial charge in [0.15, 0.2) is 0 Å². The van der Waals surface area contributed by atoms with Gasteiger partial charge in [-0.15, -0.1) is 0 Å². The topological polar surface area (TPSA) is 87.7 Å². The second-order valence-electron chi connectivity index (χ2n) is 11.1. The molecular formula is C32H43N3O4. The number of nitrogens with zero attached hydrogens (tertiary/aromatic N) is 1. The van der Waals surface area contributed by atoms with Gasteiger partial charge in [-0.05, 0) is 63.3 Å². The van der Waals surface area contributed by atoms with E-state index in [4.69, 9.17) is 4.74 Å². The molecule has 1 aliphatic rings. The zero-order valence-corrected chi connectivity index (χ0v) is 23.7. The predicted octanol–water partition coefficient (Wildman–Crippen LogP) is 5.80. The Hall–Kier alpha value is -3.61. The minimum atomic E-state index is -0.922. The molecule has 0 heterocycles. The van der Waals surface area contributed by atoms with Gasteiger partial charge in [0.25, 0.3) is 0 Å². The SMILES string of the molecule is C=Cc1cccc(C(C(=O)NC2CCCCC2)N(CC)C(=O)C(Cc2ccccc2)NC(=O)OC(C)(C)C)c1. The Morgan fingerprint density at radius 3 is 2.36 bits per heavy atom. The number of benzene rings is 2. The van der Waals surface area contributed by atoms with E-state index in [2.05, 4.69) is 17.2 Å². The van der Waals surface area contributed by atoms with Crippen molar-refractivity contribution in [1.82, 2.24) is 15.5 Å². The van der Waals surface area contributed by atoms with Crippen LogP contribution < -0.4 is 10.6 Å². The summed E-state index contributed by atoms with van der Waals surface area (Å²) < 4.78 is 5.48. The Morgan fingerprint density at radius 1 is 1.05 bits per heavy atom. The first-order valence-corrected chi connectivity index (χ1v) is 14.0. The van der Waals surface area contributed by atoms with E-state index in [9.17, 15) is 14.4 Å². The number of rotatable bonds is 10. The summed E-state index contributed by atoms with van der Waals surface area (Å²) in [5, 5.41) is 6.00. The molecule has 2 N–H and O–H groups in total. The molecular weight excluding hydrogens is 490 g/mol. The van der Waals surface area contributed by atoms with Crippen molar-refractivity contribution in [2.45, 2.75) is 89.9 Å². The monoisotopic (exact) mass is 533 g/mol. The standard InChI is InChI=1S/C32H43N3O4/c1-6-23-17-14-18-25(21-23)28(29(36)33-26-19-12-9-13-20-26)35(7-2)30(37)27(22-24-15-10-8-11-16-24)34-31(38)39-32(3,4)5/h6,8,10-11,14-18,21,26-28H,1,7,9,12-13,19-20,22H2,2-5H3,(H,33,36)(H,34,38). The van der Waals surface area contributed by atoms with Gasteiger partial charge in [-0.25, -0.2) is 4.79 Å². The number of alkyl carbamates (subject to hydrolysis) is 1. The average molecular weight is 534 g/mol. The van der Waals surface area contributed by atoms with Crippen molar-refractivity contribution in [3.8, 4) is 0 Å². The van der Waals surface area contributed by atoms with Gasteiger partial charge >= 0.3 is 6.09 Å². The van der Waals surface area contributed by atoms with Crippen LogP contribution in [-0.2, 0) is 20.7 Å². The minimum Gasteiger partial charge on any atom is -0.444 e. The molecule has 210 valence electrons. The van der Waals surface area contributed by atoms with Crippen LogP contribution in [0.5, 0.6) is 0 Å². The van der Waals surface area contributed by atoms with Crippen LogP contribution in [0.2, 0.25) is 0 Å². The molecule has 0 bridgehead atoms. The van der Waals surface area contributed by atoms with Crippen LogP contribution in [0.1, 0.15) is 82.5 Å². The third-order valence-corrected chi connectivity index (χ3v) is 6.87. The van der Waals surface area contributed by atoms with Crippen molar-refractivity contribution in [3.05, 3.63) is 77.9 Å². The van der Waals surface area contributed by atoms with E-state index >= 15 is 0 Å². The van der Waals surface area contributed by atoms with E-state index in [1.54, 1.807) is 31.7 Å². The Kier molecular flexibility index (Phi) is 10.7. The van der Waals surface area contributed by atoms with Gasteiger partial charge in [-0.1, -0.05) is 80.4 Å². The lowest BCUT2D eigenvalue weighted by atomic mass is 9.94. The molecule has 1 saturated carbocycles. The zero-order chi connectivity index (χ0) is 28.4. The van der Waals surface area contributed by atoms with Crippen molar-refractivity contribution in [2.24, 2.45) is 0 Å². The van der Waals surface area contributed by atoms with E-state index in [1.807, 2.05) is 61.5 Å². The molecule has 2 aromatic carbocycles. The van der Waals surface area contributed by atoms with Crippen molar-refractivity contribution in [1.29, 1.82) is 0 Å². The van der Waals surface area contributed by atoms with Crippen LogP contribution in [0.25, 0.3) is 6.08 Å². The van der Waals surface area contributed by atoms with Crippen LogP contribution in [0, 0.1) is 0 Å². The lowest BCUT2D eigenvalue weighted by Crippen LogP contribution is -2.54. The maximum absolute atomic E-state index is 14.2. The molecule has 3 amide bonds. The first-order chi connectivity index (χ1) is 18.6. The Balaban J connectivity index is 1.96. The van der Waals surface area contributed by atoms with Gasteiger partial charge < -0.3 is 20.3 Å². The second kappa shape index (κ2) is 14.0. The van der Waals surface area contributed by atoms with Crippen molar-refractivity contribution < 1.29 is 19.1 Å². The molecule has 1 aliphatic carbocycles. The summed E-state index contributed by atoms with van der Waals surface area (Å²) in [6.45, 7) is 11.3. The molecule has 0 aliphatic heterocycles. The summed E-state index contributed by atoms with van der Waals surface area (Å²) in [4.78, 5) is 42.4. The van der Waals surface area contributed by atoms with E-state index in [0.717, 1.165) is 36.8 Å². The third kappa shape index (κ3) is 8.98. The third-order valence-electron chi connectivity index (χ3n) is 6.87. The van der Waals surface area contributed by atoms with Crippen LogP contribution in [0.3, 0.4) is 0 Å². The van der Waals surface area contributed by atoms with Gasteiger partial charge in [0.2, 0.25) is 11.8 Å². The van der Waals surface area contributed by atoms with E-state index in [0.29, 0.717) is 5.56 Å². The molecule has 0 saturated heterocycles. The lowest BCUT2D eigenvalue weighted by molar-refractivity contribution is -0.142. The number of carbonyl (C=O) groups is 3. The number of nitrogens with one attached hydrogen (secondary N) is 2. The van der Waals surface area contributed by atoms with Crippen molar-refractivity contribution >= 4 is 24.0 Å². The summed E-state index contributed by atoms with van der Waals surface area (Å²) in [6.07, 6.45) is 6.51. The van der Waals surface area contributed by atoms with Crippen LogP contribution in [0.4, 0.5) is 4.79 Å². The van der Waals surface area contributed by atoms with Gasteiger partial charge in [0, 0.05) is 19.0 Å². The van der Waals surface area contributed by atoms with Crippen molar-refractivity contribution in [2.75, 3.05) is 6.54 Å². The largest absolute Gasteiger partial charge is 0.444 e.